The third kappa shape index (κ3) is 3.12. The summed E-state index contributed by atoms with van der Waals surface area (Å²) < 4.78 is 11.9. The lowest BCUT2D eigenvalue weighted by Gasteiger charge is -2.32. The topological polar surface area (TPSA) is 77.6 Å². The summed E-state index contributed by atoms with van der Waals surface area (Å²) in [5.74, 6) is 0. The number of pyridine rings is 1. The van der Waals surface area contributed by atoms with E-state index in [1.165, 1.54) is 0 Å². The number of hydrogen-bond donors (Lipinski definition) is 2. The zero-order chi connectivity index (χ0) is 15.8. The van der Waals surface area contributed by atoms with E-state index < -0.39 is 18.3 Å². The molecule has 2 rings (SSSR count). The first-order valence-electron chi connectivity index (χ1n) is 7.06. The van der Waals surface area contributed by atoms with Crippen molar-refractivity contribution in [1.29, 1.82) is 0 Å². The number of hydrogen-bond acceptors (Lipinski definition) is 5. The highest BCUT2D eigenvalue weighted by Crippen LogP contribution is 2.38. The summed E-state index contributed by atoms with van der Waals surface area (Å²) in [5.41, 5.74) is 7.68. The largest absolute Gasteiger partial charge is 0.492 e. The van der Waals surface area contributed by atoms with Crippen molar-refractivity contribution in [2.24, 2.45) is 0 Å². The second-order valence-electron chi connectivity index (χ2n) is 6.39. The summed E-state index contributed by atoms with van der Waals surface area (Å²) in [6, 6.07) is 3.65. The maximum absolute atomic E-state index is 9.65. The van der Waals surface area contributed by atoms with Gasteiger partial charge in [-0.25, -0.2) is 0 Å². The molecular weight excluding hydrogens is 267 g/mol. The van der Waals surface area contributed by atoms with Crippen LogP contribution in [0.5, 0.6) is 0 Å². The molecule has 1 aliphatic rings. The average Bonchev–Trinajstić information content (AvgIpc) is 2.59. The first-order chi connectivity index (χ1) is 9.66. The van der Waals surface area contributed by atoms with Crippen LogP contribution in [0.4, 0.5) is 5.69 Å². The summed E-state index contributed by atoms with van der Waals surface area (Å²) in [6.45, 7) is 9.61. The minimum Gasteiger partial charge on any atom is -0.400 e. The molecule has 114 valence electrons. The third-order valence-electron chi connectivity index (χ3n) is 4.16. The number of nitrogens with two attached hydrogens (primary N) is 1. The smallest absolute Gasteiger partial charge is 0.400 e. The normalized spacial score (nSPS) is 20.9. The molecule has 21 heavy (non-hydrogen) atoms. The van der Waals surface area contributed by atoms with E-state index in [0.717, 1.165) is 5.69 Å². The van der Waals surface area contributed by atoms with Crippen LogP contribution in [-0.4, -0.2) is 35.0 Å². The number of aliphatic hydroxyl groups is 1. The maximum Gasteiger partial charge on any atom is 0.492 e. The summed E-state index contributed by atoms with van der Waals surface area (Å²) in [4.78, 5) is 4.38. The zero-order valence-electron chi connectivity index (χ0n) is 13.3. The van der Waals surface area contributed by atoms with Gasteiger partial charge in [-0.2, -0.15) is 0 Å². The minimum atomic E-state index is -0.596. The lowest BCUT2D eigenvalue weighted by atomic mass is 9.78. The molecule has 1 saturated heterocycles. The van der Waals surface area contributed by atoms with Gasteiger partial charge in [-0.3, -0.25) is 4.98 Å². The van der Waals surface area contributed by atoms with Crippen molar-refractivity contribution in [3.8, 4) is 0 Å². The van der Waals surface area contributed by atoms with Gasteiger partial charge in [-0.1, -0.05) is 0 Å². The number of anilines is 1. The fraction of sp³-hybridized carbons (Fsp3) is 0.533. The Morgan fingerprint density at radius 2 is 1.86 bits per heavy atom. The predicted molar refractivity (Wildman–Crippen MR) is 84.5 cm³/mol. The Morgan fingerprint density at radius 1 is 1.29 bits per heavy atom. The standard InChI is InChI=1S/C15H23BN2O3/c1-10-6-7-12(17)13(18-10)8-11(9-19)16-20-14(2,3)15(4,5)21-16/h6-8,19H,9,17H2,1-5H3. The zero-order valence-corrected chi connectivity index (χ0v) is 13.3. The van der Waals surface area contributed by atoms with Crippen LogP contribution in [0.2, 0.25) is 0 Å². The Bertz CT molecular complexity index is 554. The summed E-state index contributed by atoms with van der Waals surface area (Å²) in [5, 5.41) is 9.65. The summed E-state index contributed by atoms with van der Waals surface area (Å²) >= 11 is 0. The monoisotopic (exact) mass is 290 g/mol. The Balaban J connectivity index is 2.33. The minimum absolute atomic E-state index is 0.175. The molecule has 1 aromatic heterocycles. The molecule has 0 aliphatic carbocycles. The third-order valence-corrected chi connectivity index (χ3v) is 4.16. The van der Waals surface area contributed by atoms with Gasteiger partial charge in [0.25, 0.3) is 0 Å². The van der Waals surface area contributed by atoms with E-state index in [0.29, 0.717) is 16.9 Å². The van der Waals surface area contributed by atoms with Crippen molar-refractivity contribution in [3.63, 3.8) is 0 Å². The molecule has 0 radical (unpaired) electrons. The fourth-order valence-electron chi connectivity index (χ4n) is 2.06. The molecule has 0 amide bonds. The number of aryl methyl sites for hydroxylation is 1. The molecule has 0 spiro atoms. The highest BCUT2D eigenvalue weighted by atomic mass is 16.7. The fourth-order valence-corrected chi connectivity index (χ4v) is 2.06. The van der Waals surface area contributed by atoms with Crippen LogP contribution in [0, 0.1) is 6.92 Å². The van der Waals surface area contributed by atoms with E-state index in [2.05, 4.69) is 4.98 Å². The van der Waals surface area contributed by atoms with E-state index in [-0.39, 0.29) is 6.61 Å². The van der Waals surface area contributed by atoms with Crippen LogP contribution >= 0.6 is 0 Å². The number of aliphatic hydroxyl groups excluding tert-OH is 1. The summed E-state index contributed by atoms with van der Waals surface area (Å²) in [7, 11) is -0.596. The molecule has 5 nitrogen and oxygen atoms in total. The molecular formula is C15H23BN2O3. The van der Waals surface area contributed by atoms with Crippen molar-refractivity contribution in [3.05, 3.63) is 29.0 Å². The number of aromatic nitrogens is 1. The highest BCUT2D eigenvalue weighted by molar-refractivity contribution is 6.55. The molecule has 0 bridgehead atoms. The van der Waals surface area contributed by atoms with Gasteiger partial charge in [-0.15, -0.1) is 0 Å². The molecule has 0 atom stereocenters. The molecule has 2 heterocycles. The van der Waals surface area contributed by atoms with Crippen LogP contribution < -0.4 is 5.73 Å². The van der Waals surface area contributed by atoms with E-state index in [1.807, 2.05) is 40.7 Å². The van der Waals surface area contributed by atoms with E-state index in [9.17, 15) is 5.11 Å². The molecule has 1 aromatic rings. The van der Waals surface area contributed by atoms with E-state index in [4.69, 9.17) is 15.0 Å². The molecule has 6 heteroatoms. The molecule has 3 N–H and O–H groups in total. The van der Waals surface area contributed by atoms with Gasteiger partial charge >= 0.3 is 7.12 Å². The van der Waals surface area contributed by atoms with Crippen molar-refractivity contribution in [2.75, 3.05) is 12.3 Å². The summed E-state index contributed by atoms with van der Waals surface area (Å²) in [6.07, 6.45) is 1.74. The molecule has 0 unspecified atom stereocenters. The van der Waals surface area contributed by atoms with Gasteiger partial charge in [-0.05, 0) is 58.3 Å². The average molecular weight is 290 g/mol. The maximum atomic E-state index is 9.65. The lowest BCUT2D eigenvalue weighted by Crippen LogP contribution is -2.41. The second kappa shape index (κ2) is 5.44. The van der Waals surface area contributed by atoms with Gasteiger partial charge < -0.3 is 20.1 Å². The van der Waals surface area contributed by atoms with E-state index >= 15 is 0 Å². The Hall–Kier alpha value is -1.37. The van der Waals surface area contributed by atoms with Crippen molar-refractivity contribution in [2.45, 2.75) is 45.8 Å². The van der Waals surface area contributed by atoms with Crippen molar-refractivity contribution < 1.29 is 14.4 Å². The molecule has 0 saturated carbocycles. The SMILES string of the molecule is Cc1ccc(N)c(C=C(CO)B2OC(C)(C)C(C)(C)O2)n1. The van der Waals surface area contributed by atoms with Crippen LogP contribution in [0.15, 0.2) is 17.6 Å². The van der Waals surface area contributed by atoms with Gasteiger partial charge in [0, 0.05) is 5.69 Å². The predicted octanol–water partition coefficient (Wildman–Crippen LogP) is 1.98. The van der Waals surface area contributed by atoms with Gasteiger partial charge in [0.2, 0.25) is 0 Å². The number of rotatable bonds is 3. The van der Waals surface area contributed by atoms with Gasteiger partial charge in [0.1, 0.15) is 0 Å². The Labute approximate surface area is 126 Å². The van der Waals surface area contributed by atoms with Crippen molar-refractivity contribution in [1.82, 2.24) is 4.98 Å². The van der Waals surface area contributed by atoms with Crippen LogP contribution in [0.3, 0.4) is 0 Å². The number of nitrogen functional groups attached to an aromatic ring is 1. The Morgan fingerprint density at radius 3 is 2.38 bits per heavy atom. The van der Waals surface area contributed by atoms with Crippen LogP contribution in [0.1, 0.15) is 39.1 Å². The van der Waals surface area contributed by atoms with E-state index in [1.54, 1.807) is 12.1 Å². The van der Waals surface area contributed by atoms with Gasteiger partial charge in [0.15, 0.2) is 0 Å². The van der Waals surface area contributed by atoms with Crippen LogP contribution in [0.25, 0.3) is 6.08 Å². The highest BCUT2D eigenvalue weighted by Gasteiger charge is 2.52. The second-order valence-corrected chi connectivity index (χ2v) is 6.39. The van der Waals surface area contributed by atoms with Crippen molar-refractivity contribution >= 4 is 18.9 Å². The first-order valence-corrected chi connectivity index (χ1v) is 7.06. The molecule has 1 fully saturated rings. The molecule has 1 aliphatic heterocycles. The molecule has 0 aromatic carbocycles. The van der Waals surface area contributed by atoms with Gasteiger partial charge in [0.05, 0.1) is 29.2 Å². The first kappa shape index (κ1) is 16.0. The lowest BCUT2D eigenvalue weighted by molar-refractivity contribution is 0.00578. The Kier molecular flexibility index (Phi) is 4.15. The van der Waals surface area contributed by atoms with Crippen LogP contribution in [-0.2, 0) is 9.31 Å². The number of nitrogens with zero attached hydrogens (tertiary/aromatic N) is 1. The quantitative estimate of drug-likeness (QED) is 0.832.